The van der Waals surface area contributed by atoms with Gasteiger partial charge in [-0.15, -0.1) is 0 Å². The highest BCUT2D eigenvalue weighted by atomic mass is 16.5. The van der Waals surface area contributed by atoms with E-state index in [4.69, 9.17) is 9.47 Å². The first kappa shape index (κ1) is 26.5. The summed E-state index contributed by atoms with van der Waals surface area (Å²) in [6, 6.07) is 20.6. The summed E-state index contributed by atoms with van der Waals surface area (Å²) in [5.41, 5.74) is 4.60. The fourth-order valence-electron chi connectivity index (χ4n) is 3.71. The van der Waals surface area contributed by atoms with Crippen LogP contribution in [0, 0.1) is 13.8 Å². The molecule has 7 nitrogen and oxygen atoms in total. The van der Waals surface area contributed by atoms with Gasteiger partial charge in [-0.3, -0.25) is 14.4 Å². The molecule has 3 aromatic carbocycles. The molecule has 36 heavy (non-hydrogen) atoms. The predicted octanol–water partition coefficient (Wildman–Crippen LogP) is 5.95. The first-order chi connectivity index (χ1) is 17.3. The zero-order valence-corrected chi connectivity index (χ0v) is 20.9. The second-order valence-electron chi connectivity index (χ2n) is 8.57. The molecule has 0 aliphatic rings. The molecule has 0 atom stereocenters. The quantitative estimate of drug-likeness (QED) is 0.325. The van der Waals surface area contributed by atoms with Crippen LogP contribution < -0.4 is 15.4 Å². The number of carbonyl (C=O) groups is 3. The summed E-state index contributed by atoms with van der Waals surface area (Å²) in [7, 11) is 0. The Hall–Kier alpha value is -4.13. The summed E-state index contributed by atoms with van der Waals surface area (Å²) in [4.78, 5) is 36.2. The number of nitrogens with one attached hydrogen (secondary N) is 2. The second-order valence-corrected chi connectivity index (χ2v) is 8.57. The average Bonchev–Trinajstić information content (AvgIpc) is 2.84. The van der Waals surface area contributed by atoms with Gasteiger partial charge in [-0.2, -0.15) is 0 Å². The predicted molar refractivity (Wildman–Crippen MR) is 140 cm³/mol. The molecule has 0 aliphatic heterocycles. The second kappa shape index (κ2) is 13.1. The minimum atomic E-state index is -0.519. The normalized spacial score (nSPS) is 10.4. The molecule has 188 valence electrons. The Kier molecular flexibility index (Phi) is 9.63. The highest BCUT2D eigenvalue weighted by Gasteiger charge is 2.11. The maximum absolute atomic E-state index is 12.2. The van der Waals surface area contributed by atoms with Gasteiger partial charge in [-0.1, -0.05) is 31.2 Å². The Balaban J connectivity index is 1.35. The Morgan fingerprint density at radius 3 is 2.17 bits per heavy atom. The van der Waals surface area contributed by atoms with Crippen molar-refractivity contribution in [2.75, 3.05) is 17.2 Å². The van der Waals surface area contributed by atoms with E-state index in [0.717, 1.165) is 28.9 Å². The summed E-state index contributed by atoms with van der Waals surface area (Å²) in [6.45, 7) is 5.67. The molecule has 0 heterocycles. The van der Waals surface area contributed by atoms with E-state index in [1.807, 2.05) is 57.2 Å². The third-order valence-electron chi connectivity index (χ3n) is 5.39. The van der Waals surface area contributed by atoms with E-state index in [0.29, 0.717) is 23.5 Å². The lowest BCUT2D eigenvalue weighted by atomic mass is 10.1. The molecule has 2 amide bonds. The van der Waals surface area contributed by atoms with E-state index in [9.17, 15) is 14.4 Å². The van der Waals surface area contributed by atoms with Crippen LogP contribution in [0.1, 0.15) is 42.9 Å². The van der Waals surface area contributed by atoms with Gasteiger partial charge in [0.05, 0.1) is 0 Å². The largest absolute Gasteiger partial charge is 0.457 e. The average molecular weight is 489 g/mol. The lowest BCUT2D eigenvalue weighted by Crippen LogP contribution is -2.21. The Bertz CT molecular complexity index is 1180. The fraction of sp³-hybridized carbons (Fsp3) is 0.276. The minimum Gasteiger partial charge on any atom is -0.457 e. The Labute approximate surface area is 211 Å². The first-order valence-electron chi connectivity index (χ1n) is 12.0. The van der Waals surface area contributed by atoms with Gasteiger partial charge in [-0.05, 0) is 85.8 Å². The number of benzene rings is 3. The molecular weight excluding hydrogens is 456 g/mol. The SMILES string of the molecule is CCc1ccccc1NC(=O)COC(=O)CCCC(=O)Nc1ccc(Oc2cc(C)cc(C)c2)cc1. The van der Waals surface area contributed by atoms with E-state index in [-0.39, 0.29) is 25.4 Å². The van der Waals surface area contributed by atoms with Crippen LogP contribution >= 0.6 is 0 Å². The van der Waals surface area contributed by atoms with E-state index >= 15 is 0 Å². The Morgan fingerprint density at radius 1 is 0.778 bits per heavy atom. The number of hydrogen-bond donors (Lipinski definition) is 2. The maximum atomic E-state index is 12.2. The van der Waals surface area contributed by atoms with Gasteiger partial charge in [0.15, 0.2) is 6.61 Å². The van der Waals surface area contributed by atoms with Gasteiger partial charge in [-0.25, -0.2) is 0 Å². The topological polar surface area (TPSA) is 93.7 Å². The van der Waals surface area contributed by atoms with Gasteiger partial charge < -0.3 is 20.1 Å². The zero-order chi connectivity index (χ0) is 25.9. The van der Waals surface area contributed by atoms with Crippen molar-refractivity contribution >= 4 is 29.2 Å². The van der Waals surface area contributed by atoms with Crippen LogP contribution in [0.4, 0.5) is 11.4 Å². The highest BCUT2D eigenvalue weighted by molar-refractivity contribution is 5.93. The van der Waals surface area contributed by atoms with Crippen molar-refractivity contribution in [2.45, 2.75) is 46.5 Å². The van der Waals surface area contributed by atoms with E-state index in [1.165, 1.54) is 0 Å². The van der Waals surface area contributed by atoms with Crippen LogP contribution in [-0.4, -0.2) is 24.4 Å². The molecule has 3 rings (SSSR count). The number of anilines is 2. The first-order valence-corrected chi connectivity index (χ1v) is 12.0. The van der Waals surface area contributed by atoms with E-state index in [1.54, 1.807) is 24.3 Å². The van der Waals surface area contributed by atoms with Crippen molar-refractivity contribution in [1.82, 2.24) is 0 Å². The molecule has 0 saturated heterocycles. The third kappa shape index (κ3) is 8.58. The smallest absolute Gasteiger partial charge is 0.306 e. The molecule has 7 heteroatoms. The highest BCUT2D eigenvalue weighted by Crippen LogP contribution is 2.25. The van der Waals surface area contributed by atoms with Crippen molar-refractivity contribution in [1.29, 1.82) is 0 Å². The van der Waals surface area contributed by atoms with Crippen LogP contribution in [0.15, 0.2) is 66.7 Å². The lowest BCUT2D eigenvalue weighted by molar-refractivity contribution is -0.147. The van der Waals surface area contributed by atoms with Crippen molar-refractivity contribution in [3.05, 3.63) is 83.4 Å². The molecule has 0 spiro atoms. The molecule has 0 bridgehead atoms. The fourth-order valence-corrected chi connectivity index (χ4v) is 3.71. The molecular formula is C29H32N2O5. The molecule has 2 N–H and O–H groups in total. The molecule has 0 fully saturated rings. The summed E-state index contributed by atoms with van der Waals surface area (Å²) >= 11 is 0. The summed E-state index contributed by atoms with van der Waals surface area (Å²) in [5.74, 6) is 0.309. The lowest BCUT2D eigenvalue weighted by Gasteiger charge is -2.10. The number of rotatable bonds is 11. The summed E-state index contributed by atoms with van der Waals surface area (Å²) < 4.78 is 10.9. The van der Waals surface area contributed by atoms with Crippen molar-refractivity contribution in [3.63, 3.8) is 0 Å². The minimum absolute atomic E-state index is 0.0505. The van der Waals surface area contributed by atoms with Crippen LogP contribution in [-0.2, 0) is 25.5 Å². The van der Waals surface area contributed by atoms with Crippen molar-refractivity contribution in [2.24, 2.45) is 0 Å². The number of aryl methyl sites for hydroxylation is 3. The third-order valence-corrected chi connectivity index (χ3v) is 5.39. The number of para-hydroxylation sites is 1. The number of amides is 2. The number of carbonyl (C=O) groups excluding carboxylic acids is 3. The van der Waals surface area contributed by atoms with Crippen LogP contribution in [0.5, 0.6) is 11.5 Å². The molecule has 3 aromatic rings. The van der Waals surface area contributed by atoms with Gasteiger partial charge in [0.25, 0.3) is 5.91 Å². The van der Waals surface area contributed by atoms with E-state index < -0.39 is 11.9 Å². The zero-order valence-electron chi connectivity index (χ0n) is 20.9. The molecule has 0 aliphatic carbocycles. The Morgan fingerprint density at radius 2 is 1.47 bits per heavy atom. The molecule has 0 unspecified atom stereocenters. The number of esters is 1. The van der Waals surface area contributed by atoms with Gasteiger partial charge in [0.1, 0.15) is 11.5 Å². The molecule has 0 saturated carbocycles. The maximum Gasteiger partial charge on any atom is 0.306 e. The molecule has 0 aromatic heterocycles. The van der Waals surface area contributed by atoms with E-state index in [2.05, 4.69) is 16.7 Å². The van der Waals surface area contributed by atoms with Gasteiger partial charge >= 0.3 is 5.97 Å². The van der Waals surface area contributed by atoms with Crippen LogP contribution in [0.25, 0.3) is 0 Å². The summed E-state index contributed by atoms with van der Waals surface area (Å²) in [6.07, 6.45) is 1.31. The van der Waals surface area contributed by atoms with Crippen LogP contribution in [0.3, 0.4) is 0 Å². The summed E-state index contributed by atoms with van der Waals surface area (Å²) in [5, 5.41) is 5.55. The number of hydrogen-bond acceptors (Lipinski definition) is 5. The monoisotopic (exact) mass is 488 g/mol. The van der Waals surface area contributed by atoms with Crippen molar-refractivity contribution in [3.8, 4) is 11.5 Å². The molecule has 0 radical (unpaired) electrons. The van der Waals surface area contributed by atoms with Gasteiger partial charge in [0.2, 0.25) is 5.91 Å². The number of ether oxygens (including phenoxy) is 2. The van der Waals surface area contributed by atoms with Crippen LogP contribution in [0.2, 0.25) is 0 Å². The standard InChI is InChI=1S/C29H32N2O5/c1-4-22-8-5-6-9-26(22)31-28(33)19-35-29(34)11-7-10-27(32)30-23-12-14-24(15-13-23)36-25-17-20(2)16-21(3)18-25/h5-6,8-9,12-18H,4,7,10-11,19H2,1-3H3,(H,30,32)(H,31,33). The van der Waals surface area contributed by atoms with Gasteiger partial charge in [0, 0.05) is 24.2 Å². The van der Waals surface area contributed by atoms with Crippen molar-refractivity contribution < 1.29 is 23.9 Å².